The fourth-order valence-electron chi connectivity index (χ4n) is 18.0. The molecule has 740 valence electrons. The van der Waals surface area contributed by atoms with Crippen molar-refractivity contribution >= 4 is 23.7 Å². The first-order valence-corrected chi connectivity index (χ1v) is 45.5. The van der Waals surface area contributed by atoms with Gasteiger partial charge in [-0.05, 0) is 104 Å². The smallest absolute Gasteiger partial charge is 0.325 e. The molecule has 7 rings (SSSR count). The van der Waals surface area contributed by atoms with E-state index in [0.29, 0.717) is 30.1 Å². The molecule has 3 heterocycles. The van der Waals surface area contributed by atoms with E-state index in [1.54, 1.807) is 0 Å². The summed E-state index contributed by atoms with van der Waals surface area (Å²) in [7, 11) is 0. The number of fused-ring (bicyclic) bond motifs is 5. The number of amides is 3. The number of aliphatic hydroxyl groups excluding tert-OH is 12. The molecule has 23 atom stereocenters. The van der Waals surface area contributed by atoms with Crippen LogP contribution in [-0.2, 0) is 123 Å². The second-order valence-electron chi connectivity index (χ2n) is 34.6. The summed E-state index contributed by atoms with van der Waals surface area (Å²) < 4.78 is 123. The predicted octanol–water partition coefficient (Wildman–Crippen LogP) is -1.84. The zero-order chi connectivity index (χ0) is 91.8. The summed E-state index contributed by atoms with van der Waals surface area (Å²) in [5.41, 5.74) is 0.446. The van der Waals surface area contributed by atoms with Crippen molar-refractivity contribution in [3.05, 3.63) is 11.6 Å². The molecule has 0 aromatic rings. The minimum Gasteiger partial charge on any atom is -0.461 e. The normalized spacial score (nSPS) is 30.5. The fourth-order valence-corrected chi connectivity index (χ4v) is 18.0. The van der Waals surface area contributed by atoms with Gasteiger partial charge in [0.2, 0.25) is 17.7 Å². The van der Waals surface area contributed by atoms with Crippen LogP contribution in [0.5, 0.6) is 0 Å². The second-order valence-corrected chi connectivity index (χ2v) is 34.6. The standard InChI is InChI=1S/C86H153N3O38/c1-57(2)9-8-10-58(3)62-15-16-63-61-14-13-59-45-60(17-19-84(59,4)64(61)18-20-85(62,63)5)124-71(96)47-88-69(94)12-7-6-11-68(93)87-46-70(95)89-86(51-118-54-115-36-33-109-24-21-106-27-30-112-39-42-121-81-78(103)75(100)72(97)65(48-90)125-81,52-119-55-116-37-34-110-25-22-107-28-31-113-40-43-122-82-79(104)76(101)73(98)66(49-91)126-82)53-120-56-117-38-35-111-26-23-108-29-32-114-41-44-123-83-80(105)77(102)74(99)67(50-92)127-83/h13,57-58,60-67,72-83,90-92,97-105H,6-12,14-56H2,1-5H3,(H,87,93)(H,88,94)(H,89,95)/t58-,60+,61+,62-,63+,64+,65-,66-,67-,72+,73+,74+,75+,76+,77+,78-,79-,80-,81-,82-,83-,84+,85-/m1/s1. The molecule has 0 aromatic carbocycles. The van der Waals surface area contributed by atoms with E-state index in [-0.39, 0.29) is 236 Å². The number of unbranched alkanes of at least 4 members (excludes halogenated alkanes) is 1. The number of esters is 1. The van der Waals surface area contributed by atoms with Crippen LogP contribution in [0.4, 0.5) is 0 Å². The molecule has 3 saturated heterocycles. The number of carbonyl (C=O) groups excluding carboxylic acids is 4. The highest BCUT2D eigenvalue weighted by Crippen LogP contribution is 2.67. The number of hydrogen-bond donors (Lipinski definition) is 15. The van der Waals surface area contributed by atoms with Gasteiger partial charge >= 0.3 is 5.97 Å². The quantitative estimate of drug-likeness (QED) is 0.0138. The molecular weight excluding hydrogens is 1680 g/mol. The molecule has 41 heteroatoms. The Balaban J connectivity index is 0.824. The van der Waals surface area contributed by atoms with Gasteiger partial charge in [0, 0.05) is 19.3 Å². The van der Waals surface area contributed by atoms with Crippen LogP contribution >= 0.6 is 0 Å². The van der Waals surface area contributed by atoms with Gasteiger partial charge in [-0.15, -0.1) is 0 Å². The lowest BCUT2D eigenvalue weighted by atomic mass is 9.47. The van der Waals surface area contributed by atoms with Crippen molar-refractivity contribution < 1.29 is 185 Å². The number of nitrogens with one attached hydrogen (secondary N) is 3. The van der Waals surface area contributed by atoms with Gasteiger partial charge in [-0.1, -0.05) is 65.5 Å². The Hall–Kier alpha value is -3.70. The third kappa shape index (κ3) is 37.8. The monoisotopic (exact) mass is 1840 g/mol. The van der Waals surface area contributed by atoms with Crippen molar-refractivity contribution in [1.29, 1.82) is 0 Å². The zero-order valence-electron chi connectivity index (χ0n) is 75.1. The van der Waals surface area contributed by atoms with E-state index in [1.807, 2.05) is 0 Å². The highest BCUT2D eigenvalue weighted by molar-refractivity contribution is 5.85. The Morgan fingerprint density at radius 3 is 1.19 bits per heavy atom. The summed E-state index contributed by atoms with van der Waals surface area (Å²) in [5, 5.41) is 127. The maximum absolute atomic E-state index is 14.0. The largest absolute Gasteiger partial charge is 0.461 e. The first-order valence-electron chi connectivity index (χ1n) is 45.5. The summed E-state index contributed by atoms with van der Waals surface area (Å²) in [6.07, 6.45) is -5.23. The van der Waals surface area contributed by atoms with Crippen LogP contribution in [0, 0.1) is 46.3 Å². The summed E-state index contributed by atoms with van der Waals surface area (Å²) in [4.78, 5) is 53.5. The van der Waals surface area contributed by atoms with E-state index >= 15 is 0 Å². The van der Waals surface area contributed by atoms with Gasteiger partial charge in [0.25, 0.3) is 0 Å². The Labute approximate surface area is 745 Å². The Bertz CT molecular complexity index is 2830. The van der Waals surface area contributed by atoms with E-state index in [9.17, 15) is 80.5 Å². The van der Waals surface area contributed by atoms with Gasteiger partial charge in [-0.25, -0.2) is 0 Å². The molecule has 6 fully saturated rings. The highest BCUT2D eigenvalue weighted by Gasteiger charge is 2.60. The van der Waals surface area contributed by atoms with E-state index in [2.05, 4.69) is 56.6 Å². The SMILES string of the molecule is CC(C)CCC[C@@H](C)[C@H]1CC[C@H]2[C@@H]3CC=C4C[C@@H](OC(=O)CNC(=O)CCCCC(=O)NCC(=O)NC(COCOCCOCCOCCOCCO[C@@H]5O[C@H](CO)[C@H](O)[C@H](O)[C@H]5O)(COCOCCOCCOCCOCCO[C@@H]5O[C@H](CO)[C@H](O)[C@H](O)[C@H]5O)COCOCCOCCOCCOCCO[C@@H]5O[C@H](CO)[C@H](O)[C@H](O)[C@H]5O)CC[C@]4(C)[C@H]3CC[C@]12C. The Kier molecular flexibility index (Phi) is 53.3. The average Bonchev–Trinajstić information content (AvgIpc) is 1.63. The molecule has 0 aromatic heterocycles. The third-order valence-corrected chi connectivity index (χ3v) is 25.0. The van der Waals surface area contributed by atoms with E-state index in [0.717, 1.165) is 49.4 Å². The molecule has 0 bridgehead atoms. The van der Waals surface area contributed by atoms with Crippen molar-refractivity contribution in [2.24, 2.45) is 46.3 Å². The minimum absolute atomic E-state index is 0.0122. The maximum atomic E-state index is 14.0. The topological polar surface area (TPSA) is 550 Å². The summed E-state index contributed by atoms with van der Waals surface area (Å²) in [5.74, 6) is 2.43. The van der Waals surface area contributed by atoms with Gasteiger partial charge < -0.3 is 181 Å². The first-order chi connectivity index (χ1) is 61.3. The molecule has 41 nitrogen and oxygen atoms in total. The fraction of sp³-hybridized carbons (Fsp3) is 0.930. The summed E-state index contributed by atoms with van der Waals surface area (Å²) >= 11 is 0. The van der Waals surface area contributed by atoms with Crippen molar-refractivity contribution in [2.45, 2.75) is 235 Å². The van der Waals surface area contributed by atoms with Gasteiger partial charge in [0.05, 0.1) is 205 Å². The number of carbonyl (C=O) groups is 4. The molecule has 0 spiro atoms. The molecule has 0 radical (unpaired) electrons. The lowest BCUT2D eigenvalue weighted by Crippen LogP contribution is -2.60. The molecule has 3 aliphatic heterocycles. The first kappa shape index (κ1) is 110. The molecule has 3 amide bonds. The van der Waals surface area contributed by atoms with Gasteiger partial charge in [-0.2, -0.15) is 0 Å². The number of allylic oxidation sites excluding steroid dienone is 1. The third-order valence-electron chi connectivity index (χ3n) is 25.0. The molecule has 127 heavy (non-hydrogen) atoms. The van der Waals surface area contributed by atoms with E-state index in [4.69, 9.17) is 104 Å². The van der Waals surface area contributed by atoms with Crippen molar-refractivity contribution in [2.75, 3.05) is 232 Å². The lowest BCUT2D eigenvalue weighted by Gasteiger charge is -2.58. The molecule has 7 aliphatic rings. The van der Waals surface area contributed by atoms with E-state index in [1.165, 1.54) is 50.5 Å². The predicted molar refractivity (Wildman–Crippen MR) is 445 cm³/mol. The van der Waals surface area contributed by atoms with Crippen LogP contribution < -0.4 is 16.0 Å². The van der Waals surface area contributed by atoms with Gasteiger partial charge in [0.1, 0.15) is 112 Å². The number of rotatable bonds is 70. The number of hydrogen-bond acceptors (Lipinski definition) is 38. The maximum Gasteiger partial charge on any atom is 0.325 e. The highest BCUT2D eigenvalue weighted by atomic mass is 16.7. The Morgan fingerprint density at radius 2 is 0.803 bits per heavy atom. The molecular formula is C86H153N3O38. The molecule has 15 N–H and O–H groups in total. The van der Waals surface area contributed by atoms with Crippen LogP contribution in [0.25, 0.3) is 0 Å². The second kappa shape index (κ2) is 61.3. The molecule has 0 unspecified atom stereocenters. The van der Waals surface area contributed by atoms with Crippen LogP contribution in [0.15, 0.2) is 11.6 Å². The Morgan fingerprint density at radius 1 is 0.425 bits per heavy atom. The van der Waals surface area contributed by atoms with Crippen molar-refractivity contribution in [3.63, 3.8) is 0 Å². The van der Waals surface area contributed by atoms with Gasteiger partial charge in [0.15, 0.2) is 18.9 Å². The summed E-state index contributed by atoms with van der Waals surface area (Å²) in [6.45, 7) is 11.6. The molecule has 4 aliphatic carbocycles. The average molecular weight is 1840 g/mol. The van der Waals surface area contributed by atoms with Crippen LogP contribution in [0.2, 0.25) is 0 Å². The lowest BCUT2D eigenvalue weighted by molar-refractivity contribution is -0.302. The van der Waals surface area contributed by atoms with E-state index < -0.39 is 142 Å². The minimum atomic E-state index is -1.56. The molecule has 3 saturated carbocycles. The van der Waals surface area contributed by atoms with Crippen molar-refractivity contribution in [1.82, 2.24) is 16.0 Å². The van der Waals surface area contributed by atoms with Crippen LogP contribution in [-0.4, -0.2) is 420 Å². The van der Waals surface area contributed by atoms with Crippen LogP contribution in [0.1, 0.15) is 131 Å². The number of ether oxygens (including phenoxy) is 22. The van der Waals surface area contributed by atoms with Gasteiger partial charge in [-0.3, -0.25) is 19.2 Å². The zero-order valence-corrected chi connectivity index (χ0v) is 75.1. The van der Waals surface area contributed by atoms with Crippen LogP contribution in [0.3, 0.4) is 0 Å². The number of aliphatic hydroxyl groups is 12. The summed E-state index contributed by atoms with van der Waals surface area (Å²) in [6, 6.07) is 0. The van der Waals surface area contributed by atoms with Crippen molar-refractivity contribution in [3.8, 4) is 0 Å².